The van der Waals surface area contributed by atoms with Gasteiger partial charge in [-0.05, 0) is 23.2 Å². The van der Waals surface area contributed by atoms with E-state index in [2.05, 4.69) is 10.1 Å². The Balaban J connectivity index is 2.46. The van der Waals surface area contributed by atoms with Gasteiger partial charge in [0.2, 0.25) is 0 Å². The van der Waals surface area contributed by atoms with Gasteiger partial charge < -0.3 is 9.63 Å². The molecule has 1 aromatic carbocycles. The van der Waals surface area contributed by atoms with Gasteiger partial charge in [-0.3, -0.25) is 0 Å². The third-order valence-corrected chi connectivity index (χ3v) is 2.25. The first-order valence-electron chi connectivity index (χ1n) is 4.87. The van der Waals surface area contributed by atoms with Crippen molar-refractivity contribution in [2.45, 2.75) is 13.3 Å². The normalized spacial score (nSPS) is 10.3. The van der Waals surface area contributed by atoms with Gasteiger partial charge in [-0.15, -0.1) is 0 Å². The maximum Gasteiger partial charge on any atom is 0.377 e. The number of nitrogens with zero attached hydrogens (tertiary/aromatic N) is 2. The number of hydrogen-bond donors (Lipinski definition) is 1. The van der Waals surface area contributed by atoms with Gasteiger partial charge in [0.15, 0.2) is 0 Å². The molecule has 2 rings (SSSR count). The minimum atomic E-state index is -1.19. The lowest BCUT2D eigenvalue weighted by molar-refractivity contribution is 0.0680. The number of carboxylic acid groups (broad SMARTS) is 1. The molecule has 0 fully saturated rings. The summed E-state index contributed by atoms with van der Waals surface area (Å²) in [6.07, 6.45) is 0.820. The maximum atomic E-state index is 10.6. The molecule has 1 N–H and O–H groups in total. The number of benzene rings is 1. The van der Waals surface area contributed by atoms with Crippen LogP contribution in [0.5, 0.6) is 0 Å². The molecule has 0 saturated carbocycles. The molecular formula is C11H10N2O3. The lowest BCUT2D eigenvalue weighted by Gasteiger charge is -2.01. The van der Waals surface area contributed by atoms with Crippen LogP contribution >= 0.6 is 0 Å². The summed E-state index contributed by atoms with van der Waals surface area (Å²) in [5.41, 5.74) is 1.83. The second-order valence-electron chi connectivity index (χ2n) is 3.24. The average Bonchev–Trinajstić information content (AvgIpc) is 2.78. The third-order valence-electron chi connectivity index (χ3n) is 2.25. The Labute approximate surface area is 91.7 Å². The maximum absolute atomic E-state index is 10.6. The highest BCUT2D eigenvalue weighted by atomic mass is 16.5. The minimum absolute atomic E-state index is 0.245. The van der Waals surface area contributed by atoms with Gasteiger partial charge in [-0.1, -0.05) is 25.1 Å². The molecule has 82 valence electrons. The largest absolute Gasteiger partial charge is 0.475 e. The molecule has 5 heteroatoms. The monoisotopic (exact) mass is 218 g/mol. The number of aromatic nitrogens is 2. The number of carboxylic acids is 1. The fourth-order valence-corrected chi connectivity index (χ4v) is 1.46. The van der Waals surface area contributed by atoms with E-state index < -0.39 is 5.97 Å². The molecule has 0 aliphatic carbocycles. The van der Waals surface area contributed by atoms with Gasteiger partial charge in [-0.25, -0.2) is 4.79 Å². The van der Waals surface area contributed by atoms with Gasteiger partial charge >= 0.3 is 5.97 Å². The number of carbonyl (C=O) groups is 1. The quantitative estimate of drug-likeness (QED) is 0.852. The van der Waals surface area contributed by atoms with E-state index in [9.17, 15) is 4.79 Å². The predicted octanol–water partition coefficient (Wildman–Crippen LogP) is 2.00. The molecule has 0 aliphatic rings. The summed E-state index contributed by atoms with van der Waals surface area (Å²) in [5, 5.41) is 12.1. The Morgan fingerprint density at radius 3 is 2.81 bits per heavy atom. The average molecular weight is 218 g/mol. The summed E-state index contributed by atoms with van der Waals surface area (Å²) < 4.78 is 4.91. The van der Waals surface area contributed by atoms with Crippen molar-refractivity contribution < 1.29 is 14.4 Å². The molecular weight excluding hydrogens is 208 g/mol. The molecule has 0 saturated heterocycles. The Bertz CT molecular complexity index is 519. The van der Waals surface area contributed by atoms with Crippen molar-refractivity contribution in [1.29, 1.82) is 0 Å². The summed E-state index contributed by atoms with van der Waals surface area (Å²) in [4.78, 5) is 14.4. The highest BCUT2D eigenvalue weighted by Crippen LogP contribution is 2.22. The highest BCUT2D eigenvalue weighted by molar-refractivity contribution is 5.83. The van der Waals surface area contributed by atoms with E-state index in [1.807, 2.05) is 31.2 Å². The number of aryl methyl sites for hydroxylation is 1. The molecule has 0 atom stereocenters. The van der Waals surface area contributed by atoms with Crippen molar-refractivity contribution in [1.82, 2.24) is 10.1 Å². The predicted molar refractivity (Wildman–Crippen MR) is 56.1 cm³/mol. The Morgan fingerprint density at radius 1 is 1.44 bits per heavy atom. The van der Waals surface area contributed by atoms with Crippen LogP contribution in [0, 0.1) is 0 Å². The van der Waals surface area contributed by atoms with Gasteiger partial charge in [0.05, 0.1) is 0 Å². The van der Waals surface area contributed by atoms with E-state index in [0.29, 0.717) is 0 Å². The van der Waals surface area contributed by atoms with Crippen LogP contribution in [-0.4, -0.2) is 21.2 Å². The number of rotatable bonds is 3. The zero-order valence-electron chi connectivity index (χ0n) is 8.67. The summed E-state index contributed by atoms with van der Waals surface area (Å²) in [6, 6.07) is 7.54. The Morgan fingerprint density at radius 2 is 2.19 bits per heavy atom. The van der Waals surface area contributed by atoms with Crippen LogP contribution < -0.4 is 0 Å². The van der Waals surface area contributed by atoms with Crippen LogP contribution in [-0.2, 0) is 6.42 Å². The van der Waals surface area contributed by atoms with Crippen LogP contribution in [0.2, 0.25) is 0 Å². The second-order valence-corrected chi connectivity index (χ2v) is 3.24. The van der Waals surface area contributed by atoms with Gasteiger partial charge in [0.25, 0.3) is 11.7 Å². The molecule has 16 heavy (non-hydrogen) atoms. The number of hydrogen-bond acceptors (Lipinski definition) is 4. The van der Waals surface area contributed by atoms with E-state index in [1.54, 1.807) is 0 Å². The molecule has 0 amide bonds. The van der Waals surface area contributed by atoms with Crippen LogP contribution in [0.25, 0.3) is 11.5 Å². The van der Waals surface area contributed by atoms with Crippen LogP contribution in [0.4, 0.5) is 0 Å². The third kappa shape index (κ3) is 1.79. The highest BCUT2D eigenvalue weighted by Gasteiger charge is 2.15. The Kier molecular flexibility index (Phi) is 2.68. The van der Waals surface area contributed by atoms with Crippen LogP contribution in [0.3, 0.4) is 0 Å². The molecule has 0 radical (unpaired) electrons. The standard InChI is InChI=1S/C11H10N2O3/c1-2-7-5-3-4-6-8(7)10-12-9(11(14)15)13-16-10/h3-6H,2H2,1H3,(H,14,15). The van der Waals surface area contributed by atoms with E-state index in [0.717, 1.165) is 17.5 Å². The summed E-state index contributed by atoms with van der Waals surface area (Å²) in [7, 11) is 0. The topological polar surface area (TPSA) is 76.2 Å². The van der Waals surface area contributed by atoms with E-state index in [4.69, 9.17) is 9.63 Å². The fourth-order valence-electron chi connectivity index (χ4n) is 1.46. The summed E-state index contributed by atoms with van der Waals surface area (Å²) >= 11 is 0. The zero-order valence-corrected chi connectivity index (χ0v) is 8.67. The molecule has 1 heterocycles. The molecule has 2 aromatic rings. The smallest absolute Gasteiger partial charge is 0.377 e. The Hall–Kier alpha value is -2.17. The van der Waals surface area contributed by atoms with Gasteiger partial charge in [0, 0.05) is 5.56 Å². The zero-order chi connectivity index (χ0) is 11.5. The summed E-state index contributed by atoms with van der Waals surface area (Å²) in [5.74, 6) is -1.26. The van der Waals surface area contributed by atoms with Crippen LogP contribution in [0.1, 0.15) is 23.1 Å². The lowest BCUT2D eigenvalue weighted by atomic mass is 10.1. The van der Waals surface area contributed by atoms with Crippen molar-refractivity contribution >= 4 is 5.97 Å². The van der Waals surface area contributed by atoms with E-state index in [1.165, 1.54) is 0 Å². The van der Waals surface area contributed by atoms with Gasteiger partial charge in [0.1, 0.15) is 0 Å². The van der Waals surface area contributed by atoms with Crippen LogP contribution in [0.15, 0.2) is 28.8 Å². The first-order chi connectivity index (χ1) is 7.72. The fraction of sp³-hybridized carbons (Fsp3) is 0.182. The lowest BCUT2D eigenvalue weighted by Crippen LogP contribution is -1.98. The molecule has 0 bridgehead atoms. The van der Waals surface area contributed by atoms with Crippen molar-refractivity contribution in [2.24, 2.45) is 0 Å². The molecule has 1 aromatic heterocycles. The van der Waals surface area contributed by atoms with Crippen molar-refractivity contribution in [3.8, 4) is 11.5 Å². The first-order valence-corrected chi connectivity index (χ1v) is 4.87. The minimum Gasteiger partial charge on any atom is -0.475 e. The van der Waals surface area contributed by atoms with E-state index in [-0.39, 0.29) is 11.7 Å². The van der Waals surface area contributed by atoms with Crippen molar-refractivity contribution in [3.63, 3.8) is 0 Å². The molecule has 0 aliphatic heterocycles. The molecule has 0 unspecified atom stereocenters. The van der Waals surface area contributed by atoms with Crippen molar-refractivity contribution in [3.05, 3.63) is 35.7 Å². The second kappa shape index (κ2) is 4.14. The first kappa shape index (κ1) is 10.4. The van der Waals surface area contributed by atoms with Gasteiger partial charge in [-0.2, -0.15) is 4.98 Å². The SMILES string of the molecule is CCc1ccccc1-c1nc(C(=O)O)no1. The van der Waals surface area contributed by atoms with Crippen molar-refractivity contribution in [2.75, 3.05) is 0 Å². The summed E-state index contributed by atoms with van der Waals surface area (Å²) in [6.45, 7) is 2.01. The van der Waals surface area contributed by atoms with E-state index >= 15 is 0 Å². The molecule has 5 nitrogen and oxygen atoms in total. The molecule has 0 spiro atoms. The number of aromatic carboxylic acids is 1.